The van der Waals surface area contributed by atoms with Crippen LogP contribution in [0, 0.1) is 6.92 Å². The van der Waals surface area contributed by atoms with Gasteiger partial charge in [0, 0.05) is 38.1 Å². The number of ether oxygens (including phenoxy) is 1. The number of piperidine rings is 1. The molecule has 1 aliphatic heterocycles. The molecule has 8 heteroatoms. The smallest absolute Gasteiger partial charge is 0.258 e. The van der Waals surface area contributed by atoms with Gasteiger partial charge in [-0.1, -0.05) is 0 Å². The predicted molar refractivity (Wildman–Crippen MR) is 93.8 cm³/mol. The van der Waals surface area contributed by atoms with Crippen molar-refractivity contribution in [2.24, 2.45) is 7.05 Å². The molecule has 134 valence electrons. The van der Waals surface area contributed by atoms with Crippen LogP contribution in [0.5, 0.6) is 5.88 Å². The van der Waals surface area contributed by atoms with Crippen molar-refractivity contribution in [2.45, 2.75) is 32.7 Å². The van der Waals surface area contributed by atoms with Crippen LogP contribution in [0.15, 0.2) is 12.3 Å². The molecule has 0 aromatic carbocycles. The van der Waals surface area contributed by atoms with E-state index in [1.807, 2.05) is 13.0 Å². The molecule has 0 bridgehead atoms. The average molecular weight is 344 g/mol. The van der Waals surface area contributed by atoms with Crippen LogP contribution in [0.25, 0.3) is 0 Å². The molecule has 0 aliphatic carbocycles. The third-order valence-electron chi connectivity index (χ3n) is 4.21. The van der Waals surface area contributed by atoms with Crippen molar-refractivity contribution in [1.29, 1.82) is 0 Å². The Morgan fingerprint density at radius 2 is 2.04 bits per heavy atom. The summed E-state index contributed by atoms with van der Waals surface area (Å²) in [6.45, 7) is 4.26. The Bertz CT molecular complexity index is 752. The number of amides is 1. The first-order valence-corrected chi connectivity index (χ1v) is 8.52. The van der Waals surface area contributed by atoms with Crippen LogP contribution in [0.4, 0.5) is 5.82 Å². The predicted octanol–water partition coefficient (Wildman–Crippen LogP) is 1.45. The number of nitrogens with zero attached hydrogens (tertiary/aromatic N) is 5. The Labute approximate surface area is 147 Å². The maximum Gasteiger partial charge on any atom is 0.258 e. The number of hydrogen-bond acceptors (Lipinski definition) is 6. The molecule has 3 rings (SSSR count). The third kappa shape index (κ3) is 4.07. The van der Waals surface area contributed by atoms with E-state index in [1.54, 1.807) is 17.9 Å². The van der Waals surface area contributed by atoms with E-state index < -0.39 is 0 Å². The second kappa shape index (κ2) is 7.50. The number of rotatable bonds is 5. The maximum atomic E-state index is 12.4. The van der Waals surface area contributed by atoms with Gasteiger partial charge in [0.25, 0.3) is 5.91 Å². The van der Waals surface area contributed by atoms with Crippen molar-refractivity contribution in [3.05, 3.63) is 29.3 Å². The highest BCUT2D eigenvalue weighted by atomic mass is 16.5. The first-order chi connectivity index (χ1) is 12.1. The van der Waals surface area contributed by atoms with Gasteiger partial charge in [-0.25, -0.2) is 9.97 Å². The standard InChI is InChI=1S/C17H24N6O2/c1-12-9-15(23-7-5-4-6-8-23)20-14(19-12)10-18-16(24)13-11-22(2)21-17(13)25-3/h9,11H,4-8,10H2,1-3H3,(H,18,24). The molecule has 0 radical (unpaired) electrons. The SMILES string of the molecule is COc1nn(C)cc1C(=O)NCc1nc(C)cc(N2CCCCC2)n1. The van der Waals surface area contributed by atoms with E-state index >= 15 is 0 Å². The monoisotopic (exact) mass is 344 g/mol. The molecule has 1 amide bonds. The molecule has 0 unspecified atom stereocenters. The van der Waals surface area contributed by atoms with E-state index in [-0.39, 0.29) is 12.5 Å². The number of anilines is 1. The highest BCUT2D eigenvalue weighted by molar-refractivity contribution is 5.96. The van der Waals surface area contributed by atoms with E-state index in [2.05, 4.69) is 25.3 Å². The molecule has 1 aliphatic rings. The Balaban J connectivity index is 1.70. The molecule has 2 aromatic heterocycles. The number of aryl methyl sites for hydroxylation is 2. The van der Waals surface area contributed by atoms with E-state index in [4.69, 9.17) is 4.74 Å². The summed E-state index contributed by atoms with van der Waals surface area (Å²) in [5.41, 5.74) is 1.30. The summed E-state index contributed by atoms with van der Waals surface area (Å²) in [6, 6.07) is 2.00. The van der Waals surface area contributed by atoms with Gasteiger partial charge in [0.15, 0.2) is 0 Å². The summed E-state index contributed by atoms with van der Waals surface area (Å²) < 4.78 is 6.67. The van der Waals surface area contributed by atoms with Crippen molar-refractivity contribution in [3.8, 4) is 5.88 Å². The Kier molecular flexibility index (Phi) is 5.16. The van der Waals surface area contributed by atoms with E-state index in [9.17, 15) is 4.79 Å². The zero-order chi connectivity index (χ0) is 17.8. The first kappa shape index (κ1) is 17.2. The second-order valence-electron chi connectivity index (χ2n) is 6.24. The highest BCUT2D eigenvalue weighted by Crippen LogP contribution is 2.19. The van der Waals surface area contributed by atoms with Crippen molar-refractivity contribution >= 4 is 11.7 Å². The van der Waals surface area contributed by atoms with Gasteiger partial charge in [0.2, 0.25) is 5.88 Å². The lowest BCUT2D eigenvalue weighted by Crippen LogP contribution is -2.31. The van der Waals surface area contributed by atoms with Gasteiger partial charge in [0.1, 0.15) is 17.2 Å². The molecule has 1 N–H and O–H groups in total. The maximum absolute atomic E-state index is 12.4. The molecule has 8 nitrogen and oxygen atoms in total. The van der Waals surface area contributed by atoms with Gasteiger partial charge in [-0.05, 0) is 26.2 Å². The largest absolute Gasteiger partial charge is 0.479 e. The zero-order valence-corrected chi connectivity index (χ0v) is 14.9. The topological polar surface area (TPSA) is 85.2 Å². The quantitative estimate of drug-likeness (QED) is 0.884. The molecular weight excluding hydrogens is 320 g/mol. The Hall–Kier alpha value is -2.64. The molecule has 0 atom stereocenters. The van der Waals surface area contributed by atoms with Crippen LogP contribution in [-0.2, 0) is 13.6 Å². The summed E-state index contributed by atoms with van der Waals surface area (Å²) in [6.07, 6.45) is 5.28. The number of nitrogens with one attached hydrogen (secondary N) is 1. The average Bonchev–Trinajstić information content (AvgIpc) is 3.01. The van der Waals surface area contributed by atoms with E-state index in [0.717, 1.165) is 24.6 Å². The third-order valence-corrected chi connectivity index (χ3v) is 4.21. The van der Waals surface area contributed by atoms with Crippen LogP contribution in [0.2, 0.25) is 0 Å². The van der Waals surface area contributed by atoms with Crippen LogP contribution in [0.1, 0.15) is 41.1 Å². The summed E-state index contributed by atoms with van der Waals surface area (Å²) in [7, 11) is 3.24. The molecule has 25 heavy (non-hydrogen) atoms. The normalized spacial score (nSPS) is 14.4. The number of hydrogen-bond donors (Lipinski definition) is 1. The number of methoxy groups -OCH3 is 1. The summed E-state index contributed by atoms with van der Waals surface area (Å²) >= 11 is 0. The van der Waals surface area contributed by atoms with Gasteiger partial charge in [-0.3, -0.25) is 9.48 Å². The first-order valence-electron chi connectivity index (χ1n) is 8.52. The van der Waals surface area contributed by atoms with Crippen LogP contribution < -0.4 is 15.0 Å². The van der Waals surface area contributed by atoms with Gasteiger partial charge in [-0.2, -0.15) is 0 Å². The summed E-state index contributed by atoms with van der Waals surface area (Å²) in [4.78, 5) is 23.7. The molecular formula is C17H24N6O2. The van der Waals surface area contributed by atoms with Crippen LogP contribution >= 0.6 is 0 Å². The van der Waals surface area contributed by atoms with Crippen LogP contribution in [-0.4, -0.2) is 45.9 Å². The molecule has 1 saturated heterocycles. The lowest BCUT2D eigenvalue weighted by Gasteiger charge is -2.28. The van der Waals surface area contributed by atoms with Crippen molar-refractivity contribution in [3.63, 3.8) is 0 Å². The fourth-order valence-electron chi connectivity index (χ4n) is 3.01. The minimum Gasteiger partial charge on any atom is -0.479 e. The lowest BCUT2D eigenvalue weighted by atomic mass is 10.1. The van der Waals surface area contributed by atoms with Gasteiger partial charge in [-0.15, -0.1) is 5.10 Å². The molecule has 0 spiro atoms. The van der Waals surface area contributed by atoms with E-state index in [1.165, 1.54) is 26.4 Å². The van der Waals surface area contributed by atoms with Crippen molar-refractivity contribution in [2.75, 3.05) is 25.1 Å². The van der Waals surface area contributed by atoms with Crippen molar-refractivity contribution < 1.29 is 9.53 Å². The fraction of sp³-hybridized carbons (Fsp3) is 0.529. The molecule has 3 heterocycles. The van der Waals surface area contributed by atoms with Gasteiger partial charge in [0.05, 0.1) is 13.7 Å². The number of carbonyl (C=O) groups excluding carboxylic acids is 1. The molecule has 0 saturated carbocycles. The Morgan fingerprint density at radius 3 is 2.76 bits per heavy atom. The minimum absolute atomic E-state index is 0.255. The number of aromatic nitrogens is 4. The van der Waals surface area contributed by atoms with Gasteiger partial charge < -0.3 is 15.0 Å². The Morgan fingerprint density at radius 1 is 1.28 bits per heavy atom. The van der Waals surface area contributed by atoms with Crippen molar-refractivity contribution in [1.82, 2.24) is 25.1 Å². The van der Waals surface area contributed by atoms with E-state index in [0.29, 0.717) is 17.3 Å². The van der Waals surface area contributed by atoms with Gasteiger partial charge >= 0.3 is 0 Å². The fourth-order valence-corrected chi connectivity index (χ4v) is 3.01. The van der Waals surface area contributed by atoms with Crippen LogP contribution in [0.3, 0.4) is 0 Å². The summed E-state index contributed by atoms with van der Waals surface area (Å²) in [5.74, 6) is 1.60. The zero-order valence-electron chi connectivity index (χ0n) is 14.9. The molecule has 2 aromatic rings. The second-order valence-corrected chi connectivity index (χ2v) is 6.24. The highest BCUT2D eigenvalue weighted by Gasteiger charge is 2.17. The number of carbonyl (C=O) groups is 1. The summed E-state index contributed by atoms with van der Waals surface area (Å²) in [5, 5.41) is 6.94. The molecule has 1 fully saturated rings. The lowest BCUT2D eigenvalue weighted by molar-refractivity contribution is 0.0946. The minimum atomic E-state index is -0.255.